The molecular weight excluding hydrogens is 312 g/mol. The molecule has 0 N–H and O–H groups in total. The van der Waals surface area contributed by atoms with E-state index in [1.54, 1.807) is 0 Å². The summed E-state index contributed by atoms with van der Waals surface area (Å²) in [5.74, 6) is 1.53. The molecule has 0 spiro atoms. The number of rotatable bonds is 5. The Morgan fingerprint density at radius 2 is 1.72 bits per heavy atom. The van der Waals surface area contributed by atoms with Crippen LogP contribution < -0.4 is 0 Å². The second kappa shape index (κ2) is 8.11. The van der Waals surface area contributed by atoms with Crippen LogP contribution in [0.25, 0.3) is 0 Å². The van der Waals surface area contributed by atoms with Crippen molar-refractivity contribution >= 4 is 0 Å². The van der Waals surface area contributed by atoms with E-state index in [-0.39, 0.29) is 0 Å². The lowest BCUT2D eigenvalue weighted by Crippen LogP contribution is -2.46. The summed E-state index contributed by atoms with van der Waals surface area (Å²) in [5, 5.41) is 4.14. The van der Waals surface area contributed by atoms with Crippen molar-refractivity contribution in [2.45, 2.75) is 51.1 Å². The topological polar surface area (TPSA) is 45.4 Å². The van der Waals surface area contributed by atoms with E-state index in [2.05, 4.69) is 32.1 Å². The van der Waals surface area contributed by atoms with Crippen LogP contribution in [0.15, 0.2) is 34.9 Å². The maximum absolute atomic E-state index is 5.47. The van der Waals surface area contributed by atoms with Crippen molar-refractivity contribution in [1.82, 2.24) is 19.9 Å². The Bertz CT molecular complexity index is 643. The van der Waals surface area contributed by atoms with E-state index in [1.165, 1.54) is 50.8 Å². The summed E-state index contributed by atoms with van der Waals surface area (Å²) in [6.07, 6.45) is 7.45. The first-order chi connectivity index (χ1) is 12.4. The lowest BCUT2D eigenvalue weighted by molar-refractivity contribution is 0.0847. The van der Waals surface area contributed by atoms with Crippen LogP contribution in [0, 0.1) is 0 Å². The second-order valence-electron chi connectivity index (χ2n) is 7.37. The minimum Gasteiger partial charge on any atom is -0.338 e. The first-order valence-corrected chi connectivity index (χ1v) is 9.68. The fourth-order valence-electron chi connectivity index (χ4n) is 4.12. The van der Waals surface area contributed by atoms with E-state index in [4.69, 9.17) is 4.52 Å². The fourth-order valence-corrected chi connectivity index (χ4v) is 4.12. The summed E-state index contributed by atoms with van der Waals surface area (Å²) in [4.78, 5) is 9.75. The van der Waals surface area contributed by atoms with Crippen LogP contribution in [0.1, 0.15) is 49.4 Å². The van der Waals surface area contributed by atoms with Crippen molar-refractivity contribution in [1.29, 1.82) is 0 Å². The summed E-state index contributed by atoms with van der Waals surface area (Å²) < 4.78 is 5.47. The maximum Gasteiger partial charge on any atom is 0.240 e. The molecule has 0 bridgehead atoms. The van der Waals surface area contributed by atoms with E-state index in [0.29, 0.717) is 0 Å². The highest BCUT2D eigenvalue weighted by Gasteiger charge is 2.26. The molecule has 0 atom stereocenters. The number of aromatic nitrogens is 2. The van der Waals surface area contributed by atoms with Gasteiger partial charge in [0.15, 0.2) is 5.82 Å². The average Bonchev–Trinajstić information content (AvgIpc) is 3.11. The number of likely N-dealkylation sites (tertiary alicyclic amines) is 2. The van der Waals surface area contributed by atoms with Gasteiger partial charge in [-0.1, -0.05) is 41.9 Å². The van der Waals surface area contributed by atoms with E-state index in [0.717, 1.165) is 43.8 Å². The fraction of sp³-hybridized carbons (Fsp3) is 0.600. The third kappa shape index (κ3) is 4.47. The van der Waals surface area contributed by atoms with Gasteiger partial charge in [0.05, 0.1) is 6.54 Å². The van der Waals surface area contributed by atoms with Crippen LogP contribution in [-0.4, -0.2) is 52.2 Å². The number of hydrogen-bond acceptors (Lipinski definition) is 5. The first kappa shape index (κ1) is 16.7. The van der Waals surface area contributed by atoms with Crippen molar-refractivity contribution in [2.24, 2.45) is 0 Å². The molecule has 2 aromatic rings. The minimum absolute atomic E-state index is 0.737. The standard InChI is InChI=1S/C20H28N4O/c1-3-7-17(8-4-1)15-19-21-20(25-22-19)16-23-13-9-18(10-14-23)24-11-5-2-6-12-24/h1,3-4,7-8,18H,2,5-6,9-16H2. The van der Waals surface area contributed by atoms with Crippen molar-refractivity contribution in [3.8, 4) is 0 Å². The van der Waals surface area contributed by atoms with Crippen LogP contribution in [0.5, 0.6) is 0 Å². The van der Waals surface area contributed by atoms with E-state index in [9.17, 15) is 0 Å². The van der Waals surface area contributed by atoms with E-state index >= 15 is 0 Å². The number of nitrogens with zero attached hydrogens (tertiary/aromatic N) is 4. The lowest BCUT2D eigenvalue weighted by Gasteiger charge is -2.39. The van der Waals surface area contributed by atoms with Crippen LogP contribution in [-0.2, 0) is 13.0 Å². The van der Waals surface area contributed by atoms with Gasteiger partial charge in [-0.3, -0.25) is 4.90 Å². The lowest BCUT2D eigenvalue weighted by atomic mass is 10.00. The highest BCUT2D eigenvalue weighted by molar-refractivity contribution is 5.18. The van der Waals surface area contributed by atoms with Gasteiger partial charge in [0.25, 0.3) is 0 Å². The zero-order valence-corrected chi connectivity index (χ0v) is 14.9. The van der Waals surface area contributed by atoms with Gasteiger partial charge in [-0.15, -0.1) is 0 Å². The Morgan fingerprint density at radius 1 is 0.960 bits per heavy atom. The molecule has 134 valence electrons. The normalized spacial score (nSPS) is 20.8. The predicted molar refractivity (Wildman–Crippen MR) is 97.3 cm³/mol. The quantitative estimate of drug-likeness (QED) is 0.837. The van der Waals surface area contributed by atoms with E-state index in [1.807, 2.05) is 18.2 Å². The number of piperidine rings is 2. The molecule has 2 saturated heterocycles. The molecule has 0 unspecified atom stereocenters. The molecule has 4 rings (SSSR count). The molecule has 25 heavy (non-hydrogen) atoms. The highest BCUT2D eigenvalue weighted by atomic mass is 16.5. The Hall–Kier alpha value is -1.72. The number of hydrogen-bond donors (Lipinski definition) is 0. The van der Waals surface area contributed by atoms with Crippen molar-refractivity contribution in [3.63, 3.8) is 0 Å². The van der Waals surface area contributed by atoms with Crippen LogP contribution in [0.3, 0.4) is 0 Å². The number of benzene rings is 1. The Kier molecular flexibility index (Phi) is 5.43. The third-order valence-electron chi connectivity index (χ3n) is 5.54. The first-order valence-electron chi connectivity index (χ1n) is 9.68. The van der Waals surface area contributed by atoms with Gasteiger partial charge in [-0.25, -0.2) is 0 Å². The van der Waals surface area contributed by atoms with Gasteiger partial charge in [-0.2, -0.15) is 4.98 Å². The molecule has 3 heterocycles. The van der Waals surface area contributed by atoms with Gasteiger partial charge in [-0.05, 0) is 44.3 Å². The SMILES string of the molecule is c1ccc(Cc2noc(CN3CCC(N4CCCCC4)CC3)n2)cc1. The van der Waals surface area contributed by atoms with Crippen LogP contribution >= 0.6 is 0 Å². The zero-order chi connectivity index (χ0) is 16.9. The highest BCUT2D eigenvalue weighted by Crippen LogP contribution is 2.21. The molecule has 0 radical (unpaired) electrons. The molecule has 5 heteroatoms. The molecular formula is C20H28N4O. The third-order valence-corrected chi connectivity index (χ3v) is 5.54. The Labute approximate surface area is 150 Å². The summed E-state index contributed by atoms with van der Waals surface area (Å²) in [6, 6.07) is 11.1. The molecule has 0 amide bonds. The molecule has 2 aliphatic rings. The van der Waals surface area contributed by atoms with Crippen LogP contribution in [0.2, 0.25) is 0 Å². The van der Waals surface area contributed by atoms with Crippen LogP contribution in [0.4, 0.5) is 0 Å². The van der Waals surface area contributed by atoms with Gasteiger partial charge in [0, 0.05) is 25.6 Å². The van der Waals surface area contributed by atoms with Gasteiger partial charge in [0.2, 0.25) is 5.89 Å². The average molecular weight is 340 g/mol. The summed E-state index contributed by atoms with van der Waals surface area (Å²) >= 11 is 0. The molecule has 2 fully saturated rings. The van der Waals surface area contributed by atoms with Gasteiger partial charge >= 0.3 is 0 Å². The minimum atomic E-state index is 0.737. The van der Waals surface area contributed by atoms with E-state index < -0.39 is 0 Å². The van der Waals surface area contributed by atoms with Crippen molar-refractivity contribution < 1.29 is 4.52 Å². The van der Waals surface area contributed by atoms with Gasteiger partial charge < -0.3 is 9.42 Å². The largest absolute Gasteiger partial charge is 0.338 e. The molecule has 0 saturated carbocycles. The zero-order valence-electron chi connectivity index (χ0n) is 14.9. The smallest absolute Gasteiger partial charge is 0.240 e. The summed E-state index contributed by atoms with van der Waals surface area (Å²) in [5.41, 5.74) is 1.22. The maximum atomic E-state index is 5.47. The molecule has 1 aromatic heterocycles. The van der Waals surface area contributed by atoms with Crippen molar-refractivity contribution in [2.75, 3.05) is 26.2 Å². The summed E-state index contributed by atoms with van der Waals surface area (Å²) in [7, 11) is 0. The van der Waals surface area contributed by atoms with Gasteiger partial charge in [0.1, 0.15) is 0 Å². The summed E-state index contributed by atoms with van der Waals surface area (Å²) in [6.45, 7) is 5.66. The molecule has 1 aromatic carbocycles. The second-order valence-corrected chi connectivity index (χ2v) is 7.37. The molecule has 5 nitrogen and oxygen atoms in total. The molecule has 0 aliphatic carbocycles. The predicted octanol–water partition coefficient (Wildman–Crippen LogP) is 3.11. The molecule has 2 aliphatic heterocycles. The Morgan fingerprint density at radius 3 is 2.48 bits per heavy atom. The van der Waals surface area contributed by atoms with Crippen molar-refractivity contribution in [3.05, 3.63) is 47.6 Å². The monoisotopic (exact) mass is 340 g/mol. The Balaban J connectivity index is 1.26.